The standard InChI is InChI=1S/2C2H4N6O2/c2*3-1-2(7(9)10)6-8(4)5-1/h2*4H2,(H2,3,5). The van der Waals surface area contributed by atoms with Crippen molar-refractivity contribution >= 4 is 23.3 Å². The normalized spacial score (nSPS) is 9.60. The van der Waals surface area contributed by atoms with Crippen LogP contribution in [0.1, 0.15) is 0 Å². The number of rotatable bonds is 2. The van der Waals surface area contributed by atoms with Crippen LogP contribution in [-0.2, 0) is 0 Å². The van der Waals surface area contributed by atoms with Crippen LogP contribution in [0.2, 0.25) is 0 Å². The summed E-state index contributed by atoms with van der Waals surface area (Å²) in [6, 6.07) is 0. The molecular weight excluding hydrogens is 280 g/mol. The minimum atomic E-state index is -0.758. The fourth-order valence-electron chi connectivity index (χ4n) is 0.912. The predicted molar refractivity (Wildman–Crippen MR) is 62.5 cm³/mol. The van der Waals surface area contributed by atoms with E-state index in [-0.39, 0.29) is 11.6 Å². The van der Waals surface area contributed by atoms with Crippen LogP contribution in [0, 0.1) is 20.2 Å². The monoisotopic (exact) mass is 288 g/mol. The lowest BCUT2D eigenvalue weighted by Crippen LogP contribution is -2.12. The highest BCUT2D eigenvalue weighted by Crippen LogP contribution is 2.12. The number of aromatic nitrogens is 6. The fraction of sp³-hybridized carbons (Fsp3) is 0. The zero-order valence-corrected chi connectivity index (χ0v) is 9.52. The molecular formula is C4H8N12O4. The molecule has 0 aliphatic rings. The van der Waals surface area contributed by atoms with Crippen molar-refractivity contribution in [1.82, 2.24) is 30.2 Å². The lowest BCUT2D eigenvalue weighted by molar-refractivity contribution is -0.389. The second-order valence-electron chi connectivity index (χ2n) is 2.97. The Morgan fingerprint density at radius 2 is 1.10 bits per heavy atom. The van der Waals surface area contributed by atoms with E-state index in [2.05, 4.69) is 20.4 Å². The van der Waals surface area contributed by atoms with E-state index in [1.54, 1.807) is 0 Å². The van der Waals surface area contributed by atoms with E-state index in [1.165, 1.54) is 0 Å². The highest BCUT2D eigenvalue weighted by atomic mass is 16.6. The molecule has 0 bridgehead atoms. The van der Waals surface area contributed by atoms with Gasteiger partial charge in [-0.1, -0.05) is 10.2 Å². The molecule has 2 aromatic heterocycles. The van der Waals surface area contributed by atoms with Crippen molar-refractivity contribution in [2.24, 2.45) is 0 Å². The highest BCUT2D eigenvalue weighted by molar-refractivity contribution is 5.44. The summed E-state index contributed by atoms with van der Waals surface area (Å²) in [5.74, 6) is 8.23. The van der Waals surface area contributed by atoms with Crippen LogP contribution in [0.3, 0.4) is 0 Å². The van der Waals surface area contributed by atoms with Gasteiger partial charge in [0.05, 0.1) is 0 Å². The van der Waals surface area contributed by atoms with Crippen molar-refractivity contribution in [3.05, 3.63) is 20.2 Å². The molecule has 0 fully saturated rings. The topological polar surface area (TPSA) is 252 Å². The average molecular weight is 288 g/mol. The van der Waals surface area contributed by atoms with Gasteiger partial charge in [0.1, 0.15) is 10.2 Å². The number of nitrogens with zero attached hydrogens (tertiary/aromatic N) is 8. The number of nitrogen functional groups attached to an aromatic ring is 4. The summed E-state index contributed by atoms with van der Waals surface area (Å²) in [7, 11) is 0. The second-order valence-corrected chi connectivity index (χ2v) is 2.97. The van der Waals surface area contributed by atoms with Crippen LogP contribution < -0.4 is 23.2 Å². The van der Waals surface area contributed by atoms with Gasteiger partial charge >= 0.3 is 11.6 Å². The van der Waals surface area contributed by atoms with Gasteiger partial charge < -0.3 is 31.7 Å². The van der Waals surface area contributed by atoms with E-state index in [0.717, 1.165) is 0 Å². The van der Waals surface area contributed by atoms with Gasteiger partial charge in [-0.2, -0.15) is 0 Å². The van der Waals surface area contributed by atoms with Gasteiger partial charge in [0.15, 0.2) is 0 Å². The Labute approximate surface area is 108 Å². The van der Waals surface area contributed by atoms with Crippen LogP contribution >= 0.6 is 0 Å². The first kappa shape index (κ1) is 14.3. The molecule has 0 atom stereocenters. The lowest BCUT2D eigenvalue weighted by atomic mass is 10.7. The van der Waals surface area contributed by atoms with Gasteiger partial charge in [0.2, 0.25) is 0 Å². The first-order valence-corrected chi connectivity index (χ1v) is 4.47. The minimum Gasteiger partial charge on any atom is -0.375 e. The first-order valence-electron chi connectivity index (χ1n) is 4.47. The van der Waals surface area contributed by atoms with Crippen LogP contribution in [0.15, 0.2) is 0 Å². The molecule has 16 nitrogen and oxygen atoms in total. The smallest absolute Gasteiger partial charge is 0.375 e. The molecule has 0 saturated carbocycles. The van der Waals surface area contributed by atoms with E-state index in [9.17, 15) is 20.2 Å². The summed E-state index contributed by atoms with van der Waals surface area (Å²) in [5.41, 5.74) is 10.1. The van der Waals surface area contributed by atoms with Crippen molar-refractivity contribution in [3.8, 4) is 0 Å². The molecule has 108 valence electrons. The SMILES string of the molecule is Nc1nn(N)nc1[N+](=O)[O-].Nc1nn(N)nc1[N+](=O)[O-]. The molecule has 0 aliphatic carbocycles. The maximum absolute atomic E-state index is 9.99. The van der Waals surface area contributed by atoms with E-state index >= 15 is 0 Å². The quantitative estimate of drug-likeness (QED) is 0.244. The number of hydrogen-bond acceptors (Lipinski definition) is 12. The Morgan fingerprint density at radius 3 is 1.20 bits per heavy atom. The molecule has 2 aromatic rings. The zero-order chi connectivity index (χ0) is 15.4. The Morgan fingerprint density at radius 1 is 0.800 bits per heavy atom. The number of hydrogen-bond donors (Lipinski definition) is 4. The Balaban J connectivity index is 0.000000200. The summed E-state index contributed by atoms with van der Waals surface area (Å²) >= 11 is 0. The maximum Gasteiger partial charge on any atom is 0.436 e. The summed E-state index contributed by atoms with van der Waals surface area (Å²) in [5, 5.41) is 32.8. The molecule has 8 N–H and O–H groups in total. The third-order valence-corrected chi connectivity index (χ3v) is 1.62. The van der Waals surface area contributed by atoms with Crippen molar-refractivity contribution in [3.63, 3.8) is 0 Å². The molecule has 0 aromatic carbocycles. The van der Waals surface area contributed by atoms with Gasteiger partial charge in [0, 0.05) is 9.81 Å². The number of anilines is 2. The van der Waals surface area contributed by atoms with Crippen molar-refractivity contribution < 1.29 is 9.85 Å². The number of nitrogens with two attached hydrogens (primary N) is 4. The largest absolute Gasteiger partial charge is 0.436 e. The average Bonchev–Trinajstić information content (AvgIpc) is 2.82. The highest BCUT2D eigenvalue weighted by Gasteiger charge is 2.19. The fourth-order valence-corrected chi connectivity index (χ4v) is 0.912. The third-order valence-electron chi connectivity index (χ3n) is 1.62. The van der Waals surface area contributed by atoms with Gasteiger partial charge in [-0.3, -0.25) is 11.7 Å². The molecule has 2 rings (SSSR count). The van der Waals surface area contributed by atoms with Gasteiger partial charge in [0.25, 0.3) is 11.6 Å². The molecule has 20 heavy (non-hydrogen) atoms. The van der Waals surface area contributed by atoms with Gasteiger partial charge in [-0.25, -0.2) is 0 Å². The van der Waals surface area contributed by atoms with Gasteiger partial charge in [-0.15, -0.1) is 0 Å². The maximum atomic E-state index is 9.99. The number of nitro groups is 2. The predicted octanol–water partition coefficient (Wildman–Crippen LogP) is -3.04. The Bertz CT molecular complexity index is 586. The van der Waals surface area contributed by atoms with Crippen LogP contribution in [0.5, 0.6) is 0 Å². The molecule has 16 heteroatoms. The van der Waals surface area contributed by atoms with Crippen LogP contribution in [0.25, 0.3) is 0 Å². The Hall–Kier alpha value is -3.72. The van der Waals surface area contributed by atoms with E-state index in [4.69, 9.17) is 23.2 Å². The summed E-state index contributed by atoms with van der Waals surface area (Å²) < 4.78 is 0. The van der Waals surface area contributed by atoms with E-state index in [0.29, 0.717) is 9.81 Å². The summed E-state index contributed by atoms with van der Waals surface area (Å²) in [6.07, 6.45) is 0. The molecule has 0 amide bonds. The second kappa shape index (κ2) is 5.29. The molecule has 0 radical (unpaired) electrons. The van der Waals surface area contributed by atoms with Crippen molar-refractivity contribution in [2.45, 2.75) is 0 Å². The lowest BCUT2D eigenvalue weighted by Gasteiger charge is -1.83. The zero-order valence-electron chi connectivity index (χ0n) is 9.52. The molecule has 0 saturated heterocycles. The molecule has 2 heterocycles. The molecule has 0 unspecified atom stereocenters. The summed E-state index contributed by atoms with van der Waals surface area (Å²) in [6.45, 7) is 0. The molecule has 0 aliphatic heterocycles. The van der Waals surface area contributed by atoms with Crippen molar-refractivity contribution in [1.29, 1.82) is 0 Å². The summed E-state index contributed by atoms with van der Waals surface area (Å²) in [4.78, 5) is 19.6. The Kier molecular flexibility index (Phi) is 3.79. The minimum absolute atomic E-state index is 0.285. The van der Waals surface area contributed by atoms with E-state index < -0.39 is 21.5 Å². The van der Waals surface area contributed by atoms with E-state index in [1.807, 2.05) is 0 Å². The van der Waals surface area contributed by atoms with Crippen LogP contribution in [-0.4, -0.2) is 40.1 Å². The van der Waals surface area contributed by atoms with Gasteiger partial charge in [-0.05, 0) is 9.85 Å². The first-order chi connectivity index (χ1) is 9.22. The third kappa shape index (κ3) is 3.15. The van der Waals surface area contributed by atoms with Crippen LogP contribution in [0.4, 0.5) is 23.3 Å². The van der Waals surface area contributed by atoms with Crippen molar-refractivity contribution in [2.75, 3.05) is 23.2 Å². The molecule has 0 spiro atoms.